The van der Waals surface area contributed by atoms with Crippen molar-refractivity contribution in [2.24, 2.45) is 0 Å². The van der Waals surface area contributed by atoms with E-state index in [1.165, 1.54) is 12.8 Å². The molecule has 4 heteroatoms. The first-order valence-corrected chi connectivity index (χ1v) is 7.50. The highest BCUT2D eigenvalue weighted by Gasteiger charge is 2.14. The third-order valence-corrected chi connectivity index (χ3v) is 4.09. The van der Waals surface area contributed by atoms with Crippen molar-refractivity contribution in [1.82, 2.24) is 10.2 Å². The molecule has 1 fully saturated rings. The summed E-state index contributed by atoms with van der Waals surface area (Å²) in [5.74, 6) is 0.984. The van der Waals surface area contributed by atoms with Crippen molar-refractivity contribution in [3.8, 4) is 11.3 Å². The lowest BCUT2D eigenvalue weighted by Gasteiger charge is -2.15. The van der Waals surface area contributed by atoms with Crippen molar-refractivity contribution >= 4 is 5.82 Å². The average molecular weight is 283 g/mol. The quantitative estimate of drug-likeness (QED) is 0.861. The van der Waals surface area contributed by atoms with Gasteiger partial charge in [-0.2, -0.15) is 0 Å². The zero-order valence-corrected chi connectivity index (χ0v) is 12.6. The molecule has 0 spiro atoms. The molecule has 1 aliphatic rings. The Balaban J connectivity index is 1.83. The number of hydrogen-bond donors (Lipinski definition) is 0. The number of nitrogens with zero attached hydrogens (tertiary/aromatic N) is 3. The summed E-state index contributed by atoms with van der Waals surface area (Å²) in [6.07, 6.45) is 2.59. The molecule has 21 heavy (non-hydrogen) atoms. The van der Waals surface area contributed by atoms with Gasteiger partial charge in [0.1, 0.15) is 0 Å². The first kappa shape index (κ1) is 14.0. The maximum atomic E-state index is 5.37. The lowest BCUT2D eigenvalue weighted by atomic mass is 10.0. The largest absolute Gasteiger partial charge is 0.377 e. The maximum absolute atomic E-state index is 5.37. The van der Waals surface area contributed by atoms with E-state index in [9.17, 15) is 0 Å². The Kier molecular flexibility index (Phi) is 4.15. The summed E-state index contributed by atoms with van der Waals surface area (Å²) in [5.41, 5.74) is 3.14. The molecule has 0 aliphatic carbocycles. The van der Waals surface area contributed by atoms with Gasteiger partial charge in [0.15, 0.2) is 5.82 Å². The van der Waals surface area contributed by atoms with E-state index in [0.717, 1.165) is 35.7 Å². The lowest BCUT2D eigenvalue weighted by Crippen LogP contribution is -2.19. The predicted octanol–water partition coefficient (Wildman–Crippen LogP) is 3.45. The van der Waals surface area contributed by atoms with Crippen molar-refractivity contribution < 1.29 is 4.74 Å². The zero-order valence-electron chi connectivity index (χ0n) is 12.6. The molecule has 0 unspecified atom stereocenters. The molecule has 0 radical (unpaired) electrons. The van der Waals surface area contributed by atoms with Crippen molar-refractivity contribution in [3.05, 3.63) is 42.0 Å². The van der Waals surface area contributed by atoms with Crippen molar-refractivity contribution in [3.63, 3.8) is 0 Å². The molecule has 1 atom stereocenters. The topological polar surface area (TPSA) is 38.2 Å². The van der Waals surface area contributed by atoms with E-state index < -0.39 is 0 Å². The first-order valence-electron chi connectivity index (χ1n) is 7.50. The third-order valence-electron chi connectivity index (χ3n) is 4.09. The molecule has 1 saturated heterocycles. The summed E-state index contributed by atoms with van der Waals surface area (Å²) in [4.78, 5) is 2.29. The Bertz CT molecular complexity index is 591. The molecular weight excluding hydrogens is 262 g/mol. The highest BCUT2D eigenvalue weighted by molar-refractivity contribution is 5.60. The molecule has 1 aromatic carbocycles. The van der Waals surface area contributed by atoms with E-state index in [-0.39, 0.29) is 6.10 Å². The number of ether oxygens (including phenoxy) is 1. The fraction of sp³-hybridized carbons (Fsp3) is 0.412. The van der Waals surface area contributed by atoms with E-state index in [0.29, 0.717) is 0 Å². The second kappa shape index (κ2) is 6.22. The van der Waals surface area contributed by atoms with Gasteiger partial charge in [-0.3, -0.25) is 0 Å². The summed E-state index contributed by atoms with van der Waals surface area (Å²) in [5, 5.41) is 8.76. The highest BCUT2D eigenvalue weighted by atomic mass is 16.5. The van der Waals surface area contributed by atoms with Gasteiger partial charge in [0, 0.05) is 25.8 Å². The van der Waals surface area contributed by atoms with Gasteiger partial charge in [-0.15, -0.1) is 10.2 Å². The molecule has 0 bridgehead atoms. The van der Waals surface area contributed by atoms with Crippen LogP contribution in [0.4, 0.5) is 5.82 Å². The van der Waals surface area contributed by atoms with Gasteiger partial charge in [0.2, 0.25) is 0 Å². The van der Waals surface area contributed by atoms with Crippen LogP contribution >= 0.6 is 0 Å². The Morgan fingerprint density at radius 2 is 1.90 bits per heavy atom. The lowest BCUT2D eigenvalue weighted by molar-refractivity contribution is 0.119. The Morgan fingerprint density at radius 1 is 1.10 bits per heavy atom. The van der Waals surface area contributed by atoms with Crippen LogP contribution in [0.2, 0.25) is 0 Å². The van der Waals surface area contributed by atoms with Gasteiger partial charge in [-0.1, -0.05) is 18.2 Å². The van der Waals surface area contributed by atoms with Crippen LogP contribution in [0.1, 0.15) is 31.4 Å². The number of methoxy groups -OCH3 is 1. The van der Waals surface area contributed by atoms with Crippen molar-refractivity contribution in [2.75, 3.05) is 25.1 Å². The molecule has 0 amide bonds. The summed E-state index contributed by atoms with van der Waals surface area (Å²) < 4.78 is 5.37. The smallest absolute Gasteiger partial charge is 0.151 e. The Labute approximate surface area is 125 Å². The molecular formula is C17H21N3O. The van der Waals surface area contributed by atoms with E-state index >= 15 is 0 Å². The number of hydrogen-bond acceptors (Lipinski definition) is 4. The Hall–Kier alpha value is -1.94. The van der Waals surface area contributed by atoms with Crippen LogP contribution in [0.5, 0.6) is 0 Å². The molecule has 0 saturated carbocycles. The highest BCUT2D eigenvalue weighted by Crippen LogP contribution is 2.24. The summed E-state index contributed by atoms with van der Waals surface area (Å²) in [6.45, 7) is 4.23. The van der Waals surface area contributed by atoms with Gasteiger partial charge in [-0.05, 0) is 43.5 Å². The van der Waals surface area contributed by atoms with E-state index in [1.807, 2.05) is 13.0 Å². The molecule has 2 aromatic rings. The summed E-state index contributed by atoms with van der Waals surface area (Å²) in [6, 6.07) is 12.4. The molecule has 1 aliphatic heterocycles. The number of rotatable bonds is 4. The summed E-state index contributed by atoms with van der Waals surface area (Å²) in [7, 11) is 1.72. The summed E-state index contributed by atoms with van der Waals surface area (Å²) >= 11 is 0. The van der Waals surface area contributed by atoms with Crippen LogP contribution in [0.3, 0.4) is 0 Å². The van der Waals surface area contributed by atoms with Gasteiger partial charge < -0.3 is 9.64 Å². The van der Waals surface area contributed by atoms with Crippen LogP contribution in [0, 0.1) is 0 Å². The maximum Gasteiger partial charge on any atom is 0.151 e. The van der Waals surface area contributed by atoms with Crippen molar-refractivity contribution in [2.45, 2.75) is 25.9 Å². The number of aromatic nitrogens is 2. The fourth-order valence-electron chi connectivity index (χ4n) is 2.68. The third kappa shape index (κ3) is 3.05. The second-order valence-corrected chi connectivity index (χ2v) is 5.47. The molecule has 0 N–H and O–H groups in total. The second-order valence-electron chi connectivity index (χ2n) is 5.47. The van der Waals surface area contributed by atoms with Gasteiger partial charge in [0.25, 0.3) is 0 Å². The number of anilines is 1. The van der Waals surface area contributed by atoms with Gasteiger partial charge >= 0.3 is 0 Å². The minimum absolute atomic E-state index is 0.0850. The fourth-order valence-corrected chi connectivity index (χ4v) is 2.68. The minimum Gasteiger partial charge on any atom is -0.377 e. The van der Waals surface area contributed by atoms with Crippen LogP contribution in [-0.2, 0) is 4.74 Å². The van der Waals surface area contributed by atoms with Crippen LogP contribution in [-0.4, -0.2) is 30.4 Å². The minimum atomic E-state index is 0.0850. The normalized spacial score (nSPS) is 16.2. The van der Waals surface area contributed by atoms with E-state index in [2.05, 4.69) is 45.4 Å². The molecule has 3 rings (SSSR count). The average Bonchev–Trinajstić information content (AvgIpc) is 3.09. The van der Waals surface area contributed by atoms with Crippen LogP contribution in [0.25, 0.3) is 11.3 Å². The SMILES string of the molecule is CO[C@@H](C)c1cccc(-c2ccc(N3CCCC3)nn2)c1. The number of benzene rings is 1. The Morgan fingerprint density at radius 3 is 2.57 bits per heavy atom. The molecule has 110 valence electrons. The molecule has 4 nitrogen and oxygen atoms in total. The van der Waals surface area contributed by atoms with Gasteiger partial charge in [-0.25, -0.2) is 0 Å². The zero-order chi connectivity index (χ0) is 14.7. The first-order chi connectivity index (χ1) is 10.3. The van der Waals surface area contributed by atoms with Crippen LogP contribution < -0.4 is 4.90 Å². The van der Waals surface area contributed by atoms with Crippen LogP contribution in [0.15, 0.2) is 36.4 Å². The standard InChI is InChI=1S/C17H21N3O/c1-13(21-2)14-6-5-7-15(12-14)16-8-9-17(19-18-16)20-10-3-4-11-20/h5-9,12-13H,3-4,10-11H2,1-2H3/t13-/m0/s1. The van der Waals surface area contributed by atoms with Crippen molar-refractivity contribution in [1.29, 1.82) is 0 Å². The monoisotopic (exact) mass is 283 g/mol. The predicted molar refractivity (Wildman–Crippen MR) is 84.3 cm³/mol. The van der Waals surface area contributed by atoms with Gasteiger partial charge in [0.05, 0.1) is 11.8 Å². The molecule has 2 heterocycles. The van der Waals surface area contributed by atoms with E-state index in [1.54, 1.807) is 7.11 Å². The van der Waals surface area contributed by atoms with E-state index in [4.69, 9.17) is 4.74 Å². The molecule has 1 aromatic heterocycles.